The maximum atomic E-state index is 11.5. The van der Waals surface area contributed by atoms with E-state index >= 15 is 0 Å². The van der Waals surface area contributed by atoms with Gasteiger partial charge in [0.25, 0.3) is 0 Å². The zero-order valence-corrected chi connectivity index (χ0v) is 17.2. The van der Waals surface area contributed by atoms with Gasteiger partial charge in [-0.3, -0.25) is 0 Å². The van der Waals surface area contributed by atoms with Gasteiger partial charge in [0, 0.05) is 10.6 Å². The van der Waals surface area contributed by atoms with E-state index in [-0.39, 0.29) is 47.8 Å². The van der Waals surface area contributed by atoms with Crippen molar-refractivity contribution in [1.29, 1.82) is 0 Å². The number of aromatic nitrogens is 3. The second kappa shape index (κ2) is 7.81. The molecule has 1 aliphatic carbocycles. The minimum atomic E-state index is -1.24. The van der Waals surface area contributed by atoms with Gasteiger partial charge < -0.3 is 22.5 Å². The molecule has 8 heteroatoms. The van der Waals surface area contributed by atoms with Gasteiger partial charge >= 0.3 is 29.6 Å². The van der Waals surface area contributed by atoms with Crippen LogP contribution in [-0.2, 0) is 24.8 Å². The van der Waals surface area contributed by atoms with Crippen molar-refractivity contribution in [2.45, 2.75) is 31.9 Å². The van der Waals surface area contributed by atoms with Gasteiger partial charge in [-0.1, -0.05) is 36.7 Å². The summed E-state index contributed by atoms with van der Waals surface area (Å²) in [6, 6.07) is 7.23. The van der Waals surface area contributed by atoms with Crippen LogP contribution in [0.1, 0.15) is 35.9 Å². The number of aliphatic hydroxyl groups is 1. The van der Waals surface area contributed by atoms with Crippen molar-refractivity contribution in [2.75, 3.05) is 0 Å². The van der Waals surface area contributed by atoms with E-state index in [4.69, 9.17) is 11.6 Å². The van der Waals surface area contributed by atoms with E-state index in [0.29, 0.717) is 16.5 Å². The smallest absolute Gasteiger partial charge is 0.734 e. The van der Waals surface area contributed by atoms with Crippen LogP contribution in [0.2, 0.25) is 5.02 Å². The second-order valence-corrected chi connectivity index (χ2v) is 6.84. The molecule has 24 heavy (non-hydrogen) atoms. The molecule has 1 heterocycles. The minimum absolute atomic E-state index is 0. The first kappa shape index (κ1) is 19.8. The molecule has 1 saturated carbocycles. The Morgan fingerprint density at radius 2 is 2.17 bits per heavy atom. The van der Waals surface area contributed by atoms with Gasteiger partial charge in [0.2, 0.25) is 0 Å². The Morgan fingerprint density at radius 3 is 2.75 bits per heavy atom. The van der Waals surface area contributed by atoms with Crippen LogP contribution in [0.15, 0.2) is 30.6 Å². The topological polar surface area (TPSA) is 68.0 Å². The Labute approximate surface area is 173 Å². The first-order valence-electron chi connectivity index (χ1n) is 7.50. The van der Waals surface area contributed by atoms with E-state index in [1.54, 1.807) is 6.07 Å². The molecule has 1 aromatic carbocycles. The van der Waals surface area contributed by atoms with Crippen molar-refractivity contribution >= 4 is 29.3 Å². The van der Waals surface area contributed by atoms with Gasteiger partial charge in [0.05, 0.1) is 11.7 Å². The number of benzene rings is 1. The molecule has 5 nitrogen and oxygen atoms in total. The molecule has 0 radical (unpaired) electrons. The summed E-state index contributed by atoms with van der Waals surface area (Å²) in [5.41, 5.74) is -0.605. The molecule has 2 aromatic rings. The monoisotopic (exact) mass is 373 g/mol. The number of nitrogens with zero attached hydrogens (tertiary/aromatic N) is 3. The number of carbonyl (C=O) groups is 1. The molecule has 1 aromatic heterocycles. The molecule has 122 valence electrons. The van der Waals surface area contributed by atoms with Crippen LogP contribution < -0.4 is 29.6 Å². The molecule has 0 aliphatic heterocycles. The molecule has 0 bridgehead atoms. The summed E-state index contributed by atoms with van der Waals surface area (Å²) >= 11 is 11.0. The van der Waals surface area contributed by atoms with Crippen LogP contribution in [-0.4, -0.2) is 25.0 Å². The Hall–Kier alpha value is -0.500. The van der Waals surface area contributed by atoms with Crippen molar-refractivity contribution in [3.8, 4) is 0 Å². The van der Waals surface area contributed by atoms with E-state index in [1.807, 2.05) is 25.1 Å². The molecule has 2 atom stereocenters. The molecule has 0 saturated heterocycles. The van der Waals surface area contributed by atoms with E-state index in [1.165, 1.54) is 11.0 Å². The maximum absolute atomic E-state index is 11.5. The summed E-state index contributed by atoms with van der Waals surface area (Å²) < 4.78 is 1.37. The summed E-state index contributed by atoms with van der Waals surface area (Å²) in [6.07, 6.45) is 3.44. The molecule has 2 unspecified atom stereocenters. The van der Waals surface area contributed by atoms with Crippen LogP contribution in [0, 0.1) is 11.8 Å². The van der Waals surface area contributed by atoms with Crippen molar-refractivity contribution in [2.24, 2.45) is 11.8 Å². The number of halogens is 1. The summed E-state index contributed by atoms with van der Waals surface area (Å²) in [5, 5.41) is 15.5. The number of carbonyl (C=O) groups excluding carboxylic acids is 1. The van der Waals surface area contributed by atoms with Gasteiger partial charge in [-0.2, -0.15) is 5.10 Å². The SMILES string of the molecule is CC(C1CC1)C(O)(Cn1ncnc1C(=O)[S-])c1ccccc1Cl.[Na+]. The van der Waals surface area contributed by atoms with Crippen molar-refractivity contribution in [3.05, 3.63) is 47.0 Å². The Morgan fingerprint density at radius 1 is 1.50 bits per heavy atom. The fourth-order valence-corrected chi connectivity index (χ4v) is 3.50. The molecule has 0 amide bonds. The van der Waals surface area contributed by atoms with E-state index in [2.05, 4.69) is 22.7 Å². The third-order valence-electron chi connectivity index (χ3n) is 4.61. The zero-order chi connectivity index (χ0) is 16.6. The van der Waals surface area contributed by atoms with Crippen LogP contribution in [0.25, 0.3) is 0 Å². The average Bonchev–Trinajstić information content (AvgIpc) is 3.26. The standard InChI is InChI=1S/C16H18ClN3O2S.Na/c1-10(11-6-7-11)16(22,12-4-2-3-5-13(12)17)8-20-14(15(21)23)18-9-19-20;/h2-5,9-11,22H,6-8H2,1H3,(H,21,23);/q;+1/p-1. The van der Waals surface area contributed by atoms with Crippen molar-refractivity contribution in [1.82, 2.24) is 14.8 Å². The van der Waals surface area contributed by atoms with E-state index < -0.39 is 10.7 Å². The minimum Gasteiger partial charge on any atom is -0.734 e. The van der Waals surface area contributed by atoms with Gasteiger partial charge in [0.15, 0.2) is 5.82 Å². The van der Waals surface area contributed by atoms with Crippen molar-refractivity contribution in [3.63, 3.8) is 0 Å². The summed E-state index contributed by atoms with van der Waals surface area (Å²) in [4.78, 5) is 15.4. The fraction of sp³-hybridized carbons (Fsp3) is 0.438. The average molecular weight is 374 g/mol. The third kappa shape index (κ3) is 3.84. The van der Waals surface area contributed by atoms with E-state index in [0.717, 1.165) is 12.8 Å². The Kier molecular flexibility index (Phi) is 6.45. The third-order valence-corrected chi connectivity index (χ3v) is 5.12. The Bertz CT molecular complexity index is 738. The predicted octanol–water partition coefficient (Wildman–Crippen LogP) is -0.443. The number of hydrogen-bond acceptors (Lipinski definition) is 5. The fourth-order valence-electron chi connectivity index (χ4n) is 3.04. The zero-order valence-electron chi connectivity index (χ0n) is 13.6. The molecular weight excluding hydrogens is 357 g/mol. The van der Waals surface area contributed by atoms with Gasteiger partial charge in [0.1, 0.15) is 11.9 Å². The maximum Gasteiger partial charge on any atom is 1.00 e. The van der Waals surface area contributed by atoms with Crippen molar-refractivity contribution < 1.29 is 39.5 Å². The first-order valence-corrected chi connectivity index (χ1v) is 8.28. The first-order chi connectivity index (χ1) is 10.9. The normalized spacial score (nSPS) is 17.6. The molecule has 1 N–H and O–H groups in total. The van der Waals surface area contributed by atoms with Gasteiger partial charge in [-0.15, -0.1) is 0 Å². The molecular formula is C16H17ClN3NaO2S. The van der Waals surface area contributed by atoms with E-state index in [9.17, 15) is 9.90 Å². The molecule has 3 rings (SSSR count). The molecule has 1 aliphatic rings. The molecule has 1 fully saturated rings. The largest absolute Gasteiger partial charge is 1.00 e. The predicted molar refractivity (Wildman–Crippen MR) is 89.0 cm³/mol. The summed E-state index contributed by atoms with van der Waals surface area (Å²) in [6.45, 7) is 2.10. The van der Waals surface area contributed by atoms with Gasteiger partial charge in [-0.05, 0) is 30.7 Å². The van der Waals surface area contributed by atoms with Crippen LogP contribution in [0.3, 0.4) is 0 Å². The number of rotatable bonds is 6. The Balaban J connectivity index is 0.00000208. The van der Waals surface area contributed by atoms with Crippen LogP contribution in [0.5, 0.6) is 0 Å². The number of hydrogen-bond donors (Lipinski definition) is 1. The van der Waals surface area contributed by atoms with Crippen LogP contribution >= 0.6 is 11.6 Å². The quantitative estimate of drug-likeness (QED) is 0.549. The summed E-state index contributed by atoms with van der Waals surface area (Å²) in [5.74, 6) is 0.468. The molecule has 0 spiro atoms. The second-order valence-electron chi connectivity index (χ2n) is 6.06. The van der Waals surface area contributed by atoms with Crippen LogP contribution in [0.4, 0.5) is 0 Å². The summed E-state index contributed by atoms with van der Waals surface area (Å²) in [7, 11) is 0. The van der Waals surface area contributed by atoms with Gasteiger partial charge in [-0.25, -0.2) is 9.67 Å².